The molecule has 0 atom stereocenters. The molecule has 1 N–H and O–H groups in total. The Bertz CT molecular complexity index is 858. The summed E-state index contributed by atoms with van der Waals surface area (Å²) in [5.74, 6) is -2.14. The molecule has 0 saturated heterocycles. The SMILES string of the molecule is CC(C)S(=O)(=O)c1ccc(C(=O)Nc2cc(F)c(I)c(F)c2)cc1. The summed E-state index contributed by atoms with van der Waals surface area (Å²) in [6.07, 6.45) is 0. The predicted molar refractivity (Wildman–Crippen MR) is 95.8 cm³/mol. The van der Waals surface area contributed by atoms with Gasteiger partial charge in [-0.25, -0.2) is 17.2 Å². The van der Waals surface area contributed by atoms with E-state index in [-0.39, 0.29) is 19.7 Å². The zero-order valence-corrected chi connectivity index (χ0v) is 15.8. The maximum Gasteiger partial charge on any atom is 0.255 e. The Morgan fingerprint density at radius 3 is 2.04 bits per heavy atom. The van der Waals surface area contributed by atoms with Gasteiger partial charge in [0.15, 0.2) is 9.84 Å². The van der Waals surface area contributed by atoms with Crippen molar-refractivity contribution < 1.29 is 22.0 Å². The minimum atomic E-state index is -3.43. The lowest BCUT2D eigenvalue weighted by Gasteiger charge is -2.09. The summed E-state index contributed by atoms with van der Waals surface area (Å²) in [5, 5.41) is 1.80. The van der Waals surface area contributed by atoms with Crippen molar-refractivity contribution >= 4 is 44.0 Å². The van der Waals surface area contributed by atoms with Gasteiger partial charge in [-0.05, 0) is 72.8 Å². The first-order valence-electron chi connectivity index (χ1n) is 6.92. The van der Waals surface area contributed by atoms with Gasteiger partial charge in [0, 0.05) is 11.3 Å². The van der Waals surface area contributed by atoms with E-state index in [1.165, 1.54) is 46.9 Å². The molecule has 0 saturated carbocycles. The molecule has 0 spiro atoms. The number of amides is 1. The van der Waals surface area contributed by atoms with Crippen LogP contribution in [0.1, 0.15) is 24.2 Å². The summed E-state index contributed by atoms with van der Waals surface area (Å²) in [5.41, 5.74) is 0.159. The molecule has 2 aromatic rings. The molecule has 8 heteroatoms. The summed E-state index contributed by atoms with van der Waals surface area (Å²) >= 11 is 1.53. The molecular weight excluding hydrogens is 451 g/mol. The van der Waals surface area contributed by atoms with Gasteiger partial charge in [-0.15, -0.1) is 0 Å². The van der Waals surface area contributed by atoms with Gasteiger partial charge in [-0.2, -0.15) is 0 Å². The van der Waals surface area contributed by atoms with Gasteiger partial charge in [0.2, 0.25) is 0 Å². The van der Waals surface area contributed by atoms with Crippen LogP contribution >= 0.6 is 22.6 Å². The highest BCUT2D eigenvalue weighted by Gasteiger charge is 2.19. The van der Waals surface area contributed by atoms with Crippen molar-refractivity contribution in [1.82, 2.24) is 0 Å². The Morgan fingerprint density at radius 2 is 1.58 bits per heavy atom. The fraction of sp³-hybridized carbons (Fsp3) is 0.188. The van der Waals surface area contributed by atoms with Gasteiger partial charge in [0.25, 0.3) is 5.91 Å². The fourth-order valence-electron chi connectivity index (χ4n) is 1.90. The minimum Gasteiger partial charge on any atom is -0.322 e. The molecule has 0 fully saturated rings. The van der Waals surface area contributed by atoms with E-state index in [1.54, 1.807) is 13.8 Å². The highest BCUT2D eigenvalue weighted by atomic mass is 127. The monoisotopic (exact) mass is 465 g/mol. The van der Waals surface area contributed by atoms with Crippen LogP contribution in [0.4, 0.5) is 14.5 Å². The Kier molecular flexibility index (Phi) is 5.59. The van der Waals surface area contributed by atoms with Crippen LogP contribution in [-0.2, 0) is 9.84 Å². The van der Waals surface area contributed by atoms with E-state index in [1.807, 2.05) is 0 Å². The zero-order chi connectivity index (χ0) is 18.1. The van der Waals surface area contributed by atoms with Crippen molar-refractivity contribution in [3.05, 3.63) is 57.2 Å². The quantitative estimate of drug-likeness (QED) is 0.549. The van der Waals surface area contributed by atoms with Crippen molar-refractivity contribution in [3.8, 4) is 0 Å². The van der Waals surface area contributed by atoms with E-state index in [9.17, 15) is 22.0 Å². The second kappa shape index (κ2) is 7.14. The Hall–Kier alpha value is -1.55. The van der Waals surface area contributed by atoms with Crippen molar-refractivity contribution in [2.75, 3.05) is 5.32 Å². The van der Waals surface area contributed by atoms with Crippen LogP contribution in [0, 0.1) is 15.2 Å². The second-order valence-electron chi connectivity index (χ2n) is 5.33. The van der Waals surface area contributed by atoms with Crippen LogP contribution in [-0.4, -0.2) is 19.6 Å². The number of benzene rings is 2. The van der Waals surface area contributed by atoms with Gasteiger partial charge >= 0.3 is 0 Å². The molecule has 0 aromatic heterocycles. The normalized spacial score (nSPS) is 11.6. The van der Waals surface area contributed by atoms with Crippen LogP contribution in [0.5, 0.6) is 0 Å². The topological polar surface area (TPSA) is 63.2 Å². The number of rotatable bonds is 4. The number of nitrogens with one attached hydrogen (secondary N) is 1. The predicted octanol–water partition coefficient (Wildman–Crippen LogP) is 4.00. The Balaban J connectivity index is 2.22. The van der Waals surface area contributed by atoms with E-state index >= 15 is 0 Å². The summed E-state index contributed by atoms with van der Waals surface area (Å²) in [7, 11) is -3.43. The minimum absolute atomic E-state index is 0.0192. The lowest BCUT2D eigenvalue weighted by atomic mass is 10.2. The van der Waals surface area contributed by atoms with Crippen molar-refractivity contribution in [3.63, 3.8) is 0 Å². The van der Waals surface area contributed by atoms with Crippen LogP contribution in [0.15, 0.2) is 41.3 Å². The lowest BCUT2D eigenvalue weighted by Crippen LogP contribution is -2.15. The van der Waals surface area contributed by atoms with Crippen LogP contribution < -0.4 is 5.32 Å². The molecule has 0 bridgehead atoms. The first-order chi connectivity index (χ1) is 11.1. The smallest absolute Gasteiger partial charge is 0.255 e. The maximum absolute atomic E-state index is 13.5. The van der Waals surface area contributed by atoms with Crippen LogP contribution in [0.3, 0.4) is 0 Å². The molecule has 1 amide bonds. The summed E-state index contributed by atoms with van der Waals surface area (Å²) in [6, 6.07) is 7.40. The molecule has 0 unspecified atom stereocenters. The molecule has 2 aromatic carbocycles. The highest BCUT2D eigenvalue weighted by molar-refractivity contribution is 14.1. The molecule has 0 aliphatic rings. The number of hydrogen-bond acceptors (Lipinski definition) is 3. The third-order valence-corrected chi connectivity index (χ3v) is 6.51. The van der Waals surface area contributed by atoms with Gasteiger partial charge in [-0.1, -0.05) is 0 Å². The van der Waals surface area contributed by atoms with E-state index < -0.39 is 32.6 Å². The number of sulfone groups is 1. The molecule has 0 radical (unpaired) electrons. The third kappa shape index (κ3) is 3.92. The number of halogens is 3. The molecule has 2 rings (SSSR count). The first kappa shape index (κ1) is 18.8. The average Bonchev–Trinajstić information content (AvgIpc) is 2.52. The van der Waals surface area contributed by atoms with Crippen molar-refractivity contribution in [1.29, 1.82) is 0 Å². The zero-order valence-electron chi connectivity index (χ0n) is 12.8. The Labute approximate surface area is 152 Å². The van der Waals surface area contributed by atoms with Gasteiger partial charge in [-0.3, -0.25) is 4.79 Å². The molecule has 4 nitrogen and oxygen atoms in total. The fourth-order valence-corrected chi connectivity index (χ4v) is 3.27. The standard InChI is InChI=1S/C16H14F2INO3S/c1-9(2)24(22,23)12-5-3-10(4-6-12)16(21)20-11-7-13(17)15(19)14(18)8-11/h3-9H,1-2H3,(H,20,21). The Morgan fingerprint density at radius 1 is 1.08 bits per heavy atom. The lowest BCUT2D eigenvalue weighted by molar-refractivity contribution is 0.102. The first-order valence-corrected chi connectivity index (χ1v) is 9.55. The van der Waals surface area contributed by atoms with E-state index in [0.29, 0.717) is 0 Å². The number of anilines is 1. The van der Waals surface area contributed by atoms with E-state index in [2.05, 4.69) is 5.32 Å². The van der Waals surface area contributed by atoms with Crippen molar-refractivity contribution in [2.45, 2.75) is 24.0 Å². The van der Waals surface area contributed by atoms with Gasteiger partial charge in [0.05, 0.1) is 13.7 Å². The summed E-state index contributed by atoms with van der Waals surface area (Å²) < 4.78 is 50.9. The average molecular weight is 465 g/mol. The van der Waals surface area contributed by atoms with Crippen LogP contribution in [0.2, 0.25) is 0 Å². The molecule has 0 aliphatic heterocycles. The van der Waals surface area contributed by atoms with Crippen LogP contribution in [0.25, 0.3) is 0 Å². The third-order valence-electron chi connectivity index (χ3n) is 3.31. The number of hydrogen-bond donors (Lipinski definition) is 1. The second-order valence-corrected chi connectivity index (χ2v) is 8.91. The molecule has 128 valence electrons. The number of carbonyl (C=O) groups excluding carboxylic acids is 1. The van der Waals surface area contributed by atoms with E-state index in [0.717, 1.165) is 12.1 Å². The largest absolute Gasteiger partial charge is 0.322 e. The molecule has 0 heterocycles. The summed E-state index contributed by atoms with van der Waals surface area (Å²) in [6.45, 7) is 3.13. The van der Waals surface area contributed by atoms with Gasteiger partial charge < -0.3 is 5.32 Å². The van der Waals surface area contributed by atoms with Gasteiger partial charge in [0.1, 0.15) is 11.6 Å². The molecule has 24 heavy (non-hydrogen) atoms. The summed E-state index contributed by atoms with van der Waals surface area (Å²) in [4.78, 5) is 12.2. The van der Waals surface area contributed by atoms with E-state index in [4.69, 9.17) is 0 Å². The van der Waals surface area contributed by atoms with Crippen molar-refractivity contribution in [2.24, 2.45) is 0 Å². The molecule has 0 aliphatic carbocycles. The highest BCUT2D eigenvalue weighted by Crippen LogP contribution is 2.21. The molecular formula is C16H14F2INO3S. The maximum atomic E-state index is 13.5. The number of carbonyl (C=O) groups is 1.